The molecule has 1 aliphatic rings. The number of alkyl halides is 4. The molecule has 1 fully saturated rings. The van der Waals surface area contributed by atoms with E-state index in [0.29, 0.717) is 41.7 Å². The lowest BCUT2D eigenvalue weighted by atomic mass is 9.79. The first-order valence-corrected chi connectivity index (χ1v) is 20.2. The molecule has 0 atom stereocenters. The number of anilines is 2. The number of nitrogens with two attached hydrogens (primary N) is 2. The van der Waals surface area contributed by atoms with E-state index >= 15 is 0 Å². The maximum absolute atomic E-state index is 12.4. The molecule has 0 spiro atoms. The Hall–Kier alpha value is -3.04. The standard InChI is InChI=1S/C14H23BNO3P.C11H13F2N4OP.C3H2BrF2N3/c1-13(2)14(3,4)19-15(18-13)10-7-8-11(16)12(9-10)20(5,6)17;1-19(2,18)10-5-7(3-4-8(10)14)9-6-15-17(16-9)11(12)13;4-2-1-7-9(8-2)3(5)6/h7-9H,16H2,1-6H3;3-6,11H,14H2,1-2H3;1,3H. The number of nitrogen functional groups attached to an aromatic ring is 2. The van der Waals surface area contributed by atoms with Crippen LogP contribution in [0.4, 0.5) is 28.9 Å². The SMILES string of the molecule is CC1(C)OB(c2ccc(N)c(P(C)(C)=O)c2)OC1(C)C.CP(C)(=O)c1cc(-c2cnn(C(F)F)n2)ccc1N.FC(F)n1ncc(Br)n1. The average molecular weight is 779 g/mol. The van der Waals surface area contributed by atoms with Crippen molar-refractivity contribution in [1.29, 1.82) is 0 Å². The molecule has 12 nitrogen and oxygen atoms in total. The monoisotopic (exact) mass is 778 g/mol. The minimum absolute atomic E-state index is 0.287. The third-order valence-electron chi connectivity index (χ3n) is 7.40. The number of halogens is 5. The van der Waals surface area contributed by atoms with Gasteiger partial charge in [-0.3, -0.25) is 0 Å². The molecular weight excluding hydrogens is 741 g/mol. The number of nitrogens with zero attached hydrogens (tertiary/aromatic N) is 6. The predicted molar refractivity (Wildman–Crippen MR) is 185 cm³/mol. The quantitative estimate of drug-likeness (QED) is 0.112. The van der Waals surface area contributed by atoms with Crippen molar-refractivity contribution in [2.45, 2.75) is 52.0 Å². The zero-order chi connectivity index (χ0) is 36.4. The first kappa shape index (κ1) is 39.4. The summed E-state index contributed by atoms with van der Waals surface area (Å²) in [5, 5.41) is 14.8. The smallest absolute Gasteiger partial charge is 0.399 e. The van der Waals surface area contributed by atoms with E-state index in [0.717, 1.165) is 5.46 Å². The Balaban J connectivity index is 0.000000209. The summed E-state index contributed by atoms with van der Waals surface area (Å²) < 4.78 is 84.7. The van der Waals surface area contributed by atoms with Gasteiger partial charge >= 0.3 is 20.2 Å². The highest BCUT2D eigenvalue weighted by molar-refractivity contribution is 9.10. The Labute approximate surface area is 284 Å². The highest BCUT2D eigenvalue weighted by Gasteiger charge is 2.51. The maximum Gasteiger partial charge on any atom is 0.494 e. The molecule has 0 radical (unpaired) electrons. The average Bonchev–Trinajstić information content (AvgIpc) is 3.67. The molecule has 1 saturated heterocycles. The van der Waals surface area contributed by atoms with Gasteiger partial charge in [0.25, 0.3) is 0 Å². The minimum atomic E-state index is -2.79. The van der Waals surface area contributed by atoms with Crippen molar-refractivity contribution in [3.8, 4) is 11.3 Å². The van der Waals surface area contributed by atoms with Crippen LogP contribution in [-0.2, 0) is 18.4 Å². The van der Waals surface area contributed by atoms with Gasteiger partial charge in [0.1, 0.15) is 24.6 Å². The van der Waals surface area contributed by atoms with Gasteiger partial charge in [0.2, 0.25) is 0 Å². The highest BCUT2D eigenvalue weighted by atomic mass is 79.9. The van der Waals surface area contributed by atoms with Crippen molar-refractivity contribution < 1.29 is 36.0 Å². The molecule has 0 amide bonds. The molecule has 3 heterocycles. The summed E-state index contributed by atoms with van der Waals surface area (Å²) in [6, 6.07) is 10.3. The molecule has 2 aromatic heterocycles. The van der Waals surface area contributed by atoms with Crippen LogP contribution in [0.15, 0.2) is 53.4 Å². The molecule has 0 saturated carbocycles. The van der Waals surface area contributed by atoms with Crippen molar-refractivity contribution in [1.82, 2.24) is 30.0 Å². The van der Waals surface area contributed by atoms with Gasteiger partial charge in [0.15, 0.2) is 0 Å². The predicted octanol–water partition coefficient (Wildman–Crippen LogP) is 5.42. The van der Waals surface area contributed by atoms with Crippen molar-refractivity contribution in [3.05, 3.63) is 53.4 Å². The van der Waals surface area contributed by atoms with E-state index in [4.69, 9.17) is 20.8 Å². The Kier molecular flexibility index (Phi) is 12.2. The van der Waals surface area contributed by atoms with Gasteiger partial charge < -0.3 is 29.9 Å². The third-order valence-corrected chi connectivity index (χ3v) is 10.9. The summed E-state index contributed by atoms with van der Waals surface area (Å²) in [7, 11) is -5.42. The van der Waals surface area contributed by atoms with Crippen molar-refractivity contribution in [3.63, 3.8) is 0 Å². The maximum atomic E-state index is 12.4. The summed E-state index contributed by atoms with van der Waals surface area (Å²) in [4.78, 5) is 0.646. The zero-order valence-electron chi connectivity index (χ0n) is 27.6. The second-order valence-corrected chi connectivity index (χ2v) is 19.7. The zero-order valence-corrected chi connectivity index (χ0v) is 31.0. The first-order valence-electron chi connectivity index (χ1n) is 14.2. The summed E-state index contributed by atoms with van der Waals surface area (Å²) >= 11 is 2.87. The summed E-state index contributed by atoms with van der Waals surface area (Å²) in [6.45, 7) is 9.22. The third kappa shape index (κ3) is 9.78. The van der Waals surface area contributed by atoms with Crippen LogP contribution < -0.4 is 27.5 Å². The molecule has 20 heteroatoms. The Bertz CT molecular complexity index is 1810. The molecule has 0 unspecified atom stereocenters. The number of rotatable bonds is 6. The lowest BCUT2D eigenvalue weighted by Gasteiger charge is -2.32. The Morgan fingerprint density at radius 2 is 1.23 bits per heavy atom. The Morgan fingerprint density at radius 3 is 1.65 bits per heavy atom. The molecule has 48 heavy (non-hydrogen) atoms. The number of aromatic nitrogens is 6. The van der Waals surface area contributed by atoms with Crippen molar-refractivity contribution >= 4 is 64.8 Å². The van der Waals surface area contributed by atoms with Crippen LogP contribution in [0.2, 0.25) is 0 Å². The second-order valence-electron chi connectivity index (χ2n) is 12.5. The lowest BCUT2D eigenvalue weighted by Crippen LogP contribution is -2.41. The lowest BCUT2D eigenvalue weighted by molar-refractivity contribution is 0.00578. The largest absolute Gasteiger partial charge is 0.494 e. The fourth-order valence-corrected chi connectivity index (χ4v) is 6.73. The summed E-state index contributed by atoms with van der Waals surface area (Å²) in [6.07, 6.45) is 2.43. The Morgan fingerprint density at radius 1 is 0.771 bits per heavy atom. The normalized spacial score (nSPS) is 15.6. The van der Waals surface area contributed by atoms with E-state index in [-0.39, 0.29) is 16.9 Å². The van der Waals surface area contributed by atoms with Crippen molar-refractivity contribution in [2.75, 3.05) is 38.1 Å². The molecule has 1 aliphatic heterocycles. The van der Waals surface area contributed by atoms with Gasteiger partial charge in [-0.2, -0.15) is 27.8 Å². The first-order chi connectivity index (χ1) is 21.9. The van der Waals surface area contributed by atoms with Crippen LogP contribution in [0, 0.1) is 0 Å². The number of benzene rings is 2. The van der Waals surface area contributed by atoms with Crippen LogP contribution in [0.5, 0.6) is 0 Å². The fraction of sp³-hybridized carbons (Fsp3) is 0.429. The van der Waals surface area contributed by atoms with E-state index in [2.05, 4.69) is 36.3 Å². The van der Waals surface area contributed by atoms with E-state index in [9.17, 15) is 26.7 Å². The second kappa shape index (κ2) is 14.8. The fourth-order valence-electron chi connectivity index (χ4n) is 4.17. The molecule has 2 aromatic carbocycles. The van der Waals surface area contributed by atoms with Gasteiger partial charge in [-0.1, -0.05) is 12.1 Å². The van der Waals surface area contributed by atoms with Crippen LogP contribution in [0.3, 0.4) is 0 Å². The number of hydrogen-bond acceptors (Lipinski definition) is 10. The summed E-state index contributed by atoms with van der Waals surface area (Å²) in [5.74, 6) is 0. The van der Waals surface area contributed by atoms with E-state index in [1.807, 2.05) is 39.8 Å². The molecule has 0 aliphatic carbocycles. The number of hydrogen-bond donors (Lipinski definition) is 2. The van der Waals surface area contributed by atoms with Gasteiger partial charge in [-0.25, -0.2) is 0 Å². The molecule has 262 valence electrons. The molecule has 0 bridgehead atoms. The van der Waals surface area contributed by atoms with Crippen LogP contribution in [-0.4, -0.2) is 75.0 Å². The van der Waals surface area contributed by atoms with Crippen LogP contribution in [0.25, 0.3) is 11.3 Å². The van der Waals surface area contributed by atoms with E-state index in [1.165, 1.54) is 12.4 Å². The van der Waals surface area contributed by atoms with E-state index < -0.39 is 34.5 Å². The van der Waals surface area contributed by atoms with Crippen LogP contribution >= 0.6 is 30.2 Å². The summed E-state index contributed by atoms with van der Waals surface area (Å²) in [5.41, 5.74) is 13.6. The topological polar surface area (TPSA) is 166 Å². The van der Waals surface area contributed by atoms with Gasteiger partial charge in [0, 0.05) is 27.5 Å². The molecular formula is C28H38BBrF4N8O4P2. The van der Waals surface area contributed by atoms with Gasteiger partial charge in [-0.15, -0.1) is 19.8 Å². The van der Waals surface area contributed by atoms with Crippen LogP contribution in [0.1, 0.15) is 40.8 Å². The van der Waals surface area contributed by atoms with Crippen molar-refractivity contribution in [2.24, 2.45) is 0 Å². The van der Waals surface area contributed by atoms with E-state index in [1.54, 1.807) is 50.9 Å². The van der Waals surface area contributed by atoms with Gasteiger partial charge in [-0.05, 0) is 100 Å². The molecule has 5 rings (SSSR count). The molecule has 4 aromatic rings. The molecule has 4 N–H and O–H groups in total. The minimum Gasteiger partial charge on any atom is -0.399 e. The van der Waals surface area contributed by atoms with Gasteiger partial charge in [0.05, 0.1) is 23.6 Å². The highest BCUT2D eigenvalue weighted by Crippen LogP contribution is 2.39.